The van der Waals surface area contributed by atoms with E-state index < -0.39 is 0 Å². The summed E-state index contributed by atoms with van der Waals surface area (Å²) in [4.78, 5) is 30.3. The predicted octanol–water partition coefficient (Wildman–Crippen LogP) is 2.12. The average Bonchev–Trinajstić information content (AvgIpc) is 3.41. The van der Waals surface area contributed by atoms with Gasteiger partial charge in [-0.25, -0.2) is 15.0 Å². The summed E-state index contributed by atoms with van der Waals surface area (Å²) in [5.74, 6) is 1.85. The Morgan fingerprint density at radius 1 is 1.44 bits per heavy atom. The molecule has 1 saturated heterocycles. The number of aromatic nitrogens is 3. The molecule has 1 aliphatic heterocycles. The van der Waals surface area contributed by atoms with Crippen LogP contribution < -0.4 is 5.73 Å². The molecule has 4 heterocycles. The molecule has 0 bridgehead atoms. The highest BCUT2D eigenvalue weighted by Crippen LogP contribution is 2.27. The number of anilines is 1. The summed E-state index contributed by atoms with van der Waals surface area (Å²) in [5.41, 5.74) is 5.72. The summed E-state index contributed by atoms with van der Waals surface area (Å²) in [7, 11) is 2.02. The summed E-state index contributed by atoms with van der Waals surface area (Å²) in [6.07, 6.45) is 5.80. The quantitative estimate of drug-likeness (QED) is 0.719. The van der Waals surface area contributed by atoms with Crippen LogP contribution in [0.2, 0.25) is 0 Å². The van der Waals surface area contributed by atoms with Gasteiger partial charge in [-0.15, -0.1) is 11.3 Å². The van der Waals surface area contributed by atoms with Crippen molar-refractivity contribution < 1.29 is 9.21 Å². The van der Waals surface area contributed by atoms with Gasteiger partial charge in [0.15, 0.2) is 10.8 Å². The van der Waals surface area contributed by atoms with Crippen molar-refractivity contribution in [3.63, 3.8) is 0 Å². The average molecular weight is 384 g/mol. The number of hydrogen-bond acceptors (Lipinski definition) is 8. The number of furan rings is 1. The van der Waals surface area contributed by atoms with Gasteiger partial charge < -0.3 is 15.1 Å². The van der Waals surface area contributed by atoms with Crippen LogP contribution in [0.5, 0.6) is 0 Å². The van der Waals surface area contributed by atoms with Crippen molar-refractivity contribution in [2.45, 2.75) is 19.0 Å². The second-order valence-corrected chi connectivity index (χ2v) is 7.54. The van der Waals surface area contributed by atoms with E-state index in [0.717, 1.165) is 18.0 Å². The normalized spacial score (nSPS) is 17.0. The zero-order valence-corrected chi connectivity index (χ0v) is 15.7. The number of hydrogen-bond donors (Lipinski definition) is 1. The van der Waals surface area contributed by atoms with Crippen molar-refractivity contribution in [1.29, 1.82) is 0 Å². The Morgan fingerprint density at radius 3 is 3.11 bits per heavy atom. The highest BCUT2D eigenvalue weighted by molar-refractivity contribution is 7.16. The maximum absolute atomic E-state index is 12.8. The molecule has 27 heavy (non-hydrogen) atoms. The highest BCUT2D eigenvalue weighted by Gasteiger charge is 2.30. The molecule has 1 amide bonds. The third-order valence-corrected chi connectivity index (χ3v) is 5.64. The molecular weight excluding hydrogens is 364 g/mol. The van der Waals surface area contributed by atoms with Crippen molar-refractivity contribution in [3.05, 3.63) is 47.6 Å². The van der Waals surface area contributed by atoms with E-state index in [2.05, 4.69) is 19.9 Å². The lowest BCUT2D eigenvalue weighted by atomic mass is 10.2. The van der Waals surface area contributed by atoms with Crippen LogP contribution in [0.3, 0.4) is 0 Å². The molecule has 8 nitrogen and oxygen atoms in total. The van der Waals surface area contributed by atoms with Gasteiger partial charge in [-0.2, -0.15) is 0 Å². The van der Waals surface area contributed by atoms with Gasteiger partial charge in [0.05, 0.1) is 19.0 Å². The minimum atomic E-state index is 0.0152. The maximum atomic E-state index is 12.8. The standard InChI is InChI=1S/C18H20N6O2S/c1-23(11-16-20-6-4-15(19)22-16)12-5-7-24(10-12)18(25)14-9-21-17(27-14)13-3-2-8-26-13/h2-4,6,8-9,12H,5,7,10-11H2,1H3,(H2,19,20,22). The number of nitrogen functional groups attached to an aromatic ring is 1. The van der Waals surface area contributed by atoms with E-state index in [1.165, 1.54) is 11.3 Å². The fourth-order valence-electron chi connectivity index (χ4n) is 3.17. The Kier molecular flexibility index (Phi) is 4.87. The van der Waals surface area contributed by atoms with E-state index >= 15 is 0 Å². The summed E-state index contributed by atoms with van der Waals surface area (Å²) in [6.45, 7) is 1.99. The van der Waals surface area contributed by atoms with E-state index in [-0.39, 0.29) is 11.9 Å². The fourth-order valence-corrected chi connectivity index (χ4v) is 4.02. The number of carbonyl (C=O) groups is 1. The molecule has 0 radical (unpaired) electrons. The number of likely N-dealkylation sites (tertiary alicyclic amines) is 1. The van der Waals surface area contributed by atoms with Gasteiger partial charge in [0.1, 0.15) is 16.5 Å². The molecule has 1 unspecified atom stereocenters. The minimum Gasteiger partial charge on any atom is -0.462 e. The summed E-state index contributed by atoms with van der Waals surface area (Å²) in [6, 6.07) is 5.58. The molecule has 9 heteroatoms. The van der Waals surface area contributed by atoms with E-state index in [9.17, 15) is 4.79 Å². The van der Waals surface area contributed by atoms with Gasteiger partial charge in [0, 0.05) is 25.3 Å². The maximum Gasteiger partial charge on any atom is 0.265 e. The molecule has 0 saturated carbocycles. The number of nitrogens with two attached hydrogens (primary N) is 1. The monoisotopic (exact) mass is 384 g/mol. The molecule has 4 rings (SSSR count). The lowest BCUT2D eigenvalue weighted by Gasteiger charge is -2.23. The van der Waals surface area contributed by atoms with Crippen molar-refractivity contribution in [2.24, 2.45) is 0 Å². The summed E-state index contributed by atoms with van der Waals surface area (Å²) in [5, 5.41) is 0.718. The van der Waals surface area contributed by atoms with Crippen LogP contribution in [0.15, 0.2) is 41.3 Å². The molecule has 3 aromatic rings. The Labute approximate surface area is 160 Å². The van der Waals surface area contributed by atoms with Crippen molar-refractivity contribution >= 4 is 23.1 Å². The third kappa shape index (κ3) is 3.83. The van der Waals surface area contributed by atoms with Crippen LogP contribution in [-0.2, 0) is 6.54 Å². The Hall–Kier alpha value is -2.78. The first-order valence-electron chi connectivity index (χ1n) is 8.67. The minimum absolute atomic E-state index is 0.0152. The molecule has 0 aromatic carbocycles. The topological polar surface area (TPSA) is 101 Å². The number of thiazole rings is 1. The van der Waals surface area contributed by atoms with E-state index in [4.69, 9.17) is 10.2 Å². The number of amides is 1. The molecule has 3 aromatic heterocycles. The first kappa shape index (κ1) is 17.6. The van der Waals surface area contributed by atoms with Gasteiger partial charge in [-0.05, 0) is 31.7 Å². The number of likely N-dealkylation sites (N-methyl/N-ethyl adjacent to an activating group) is 1. The lowest BCUT2D eigenvalue weighted by molar-refractivity contribution is 0.0784. The molecular formula is C18H20N6O2S. The Bertz CT molecular complexity index is 926. The van der Waals surface area contributed by atoms with Crippen molar-refractivity contribution in [2.75, 3.05) is 25.9 Å². The van der Waals surface area contributed by atoms with Crippen molar-refractivity contribution in [1.82, 2.24) is 24.8 Å². The molecule has 2 N–H and O–H groups in total. The van der Waals surface area contributed by atoms with Gasteiger partial charge in [0.25, 0.3) is 5.91 Å². The third-order valence-electron chi connectivity index (χ3n) is 4.64. The molecule has 0 aliphatic carbocycles. The van der Waals surface area contributed by atoms with Gasteiger partial charge in [-0.1, -0.05) is 0 Å². The van der Waals surface area contributed by atoms with Crippen LogP contribution in [0.4, 0.5) is 5.82 Å². The van der Waals surface area contributed by atoms with E-state index in [1.54, 1.807) is 24.7 Å². The number of carbonyl (C=O) groups excluding carboxylic acids is 1. The van der Waals surface area contributed by atoms with Crippen LogP contribution in [0, 0.1) is 0 Å². The van der Waals surface area contributed by atoms with Crippen LogP contribution >= 0.6 is 11.3 Å². The predicted molar refractivity (Wildman–Crippen MR) is 102 cm³/mol. The largest absolute Gasteiger partial charge is 0.462 e. The van der Waals surface area contributed by atoms with Crippen LogP contribution in [-0.4, -0.2) is 56.8 Å². The molecule has 1 aliphatic rings. The second kappa shape index (κ2) is 7.45. The van der Waals surface area contributed by atoms with Gasteiger partial charge in [-0.3, -0.25) is 9.69 Å². The molecule has 1 atom stereocenters. The Morgan fingerprint density at radius 2 is 2.33 bits per heavy atom. The second-order valence-electron chi connectivity index (χ2n) is 6.51. The zero-order chi connectivity index (χ0) is 18.8. The lowest BCUT2D eigenvalue weighted by Crippen LogP contribution is -2.36. The SMILES string of the molecule is CN(Cc1nccc(N)n1)C1CCN(C(=O)c2cnc(-c3ccco3)s2)C1. The first-order chi connectivity index (χ1) is 13.1. The van der Waals surface area contributed by atoms with Crippen LogP contribution in [0.1, 0.15) is 21.9 Å². The summed E-state index contributed by atoms with van der Waals surface area (Å²) < 4.78 is 5.35. The zero-order valence-electron chi connectivity index (χ0n) is 14.9. The van der Waals surface area contributed by atoms with Crippen molar-refractivity contribution in [3.8, 4) is 10.8 Å². The fraction of sp³-hybridized carbons (Fsp3) is 0.333. The van der Waals surface area contributed by atoms with Gasteiger partial charge >= 0.3 is 0 Å². The number of nitrogens with zero attached hydrogens (tertiary/aromatic N) is 5. The first-order valence-corrected chi connectivity index (χ1v) is 9.48. The smallest absolute Gasteiger partial charge is 0.265 e. The summed E-state index contributed by atoms with van der Waals surface area (Å²) >= 11 is 1.36. The van der Waals surface area contributed by atoms with E-state index in [0.29, 0.717) is 35.4 Å². The molecule has 140 valence electrons. The number of rotatable bonds is 5. The van der Waals surface area contributed by atoms with Crippen LogP contribution in [0.25, 0.3) is 10.8 Å². The molecule has 1 fully saturated rings. The molecule has 0 spiro atoms. The van der Waals surface area contributed by atoms with E-state index in [1.807, 2.05) is 24.1 Å². The Balaban J connectivity index is 1.38. The highest BCUT2D eigenvalue weighted by atomic mass is 32.1. The van der Waals surface area contributed by atoms with Gasteiger partial charge in [0.2, 0.25) is 0 Å².